The Kier molecular flexibility index (Phi) is 7.10. The minimum Gasteiger partial charge on any atom is -0.480 e. The molecule has 0 aliphatic heterocycles. The van der Waals surface area contributed by atoms with E-state index in [2.05, 4.69) is 0 Å². The van der Waals surface area contributed by atoms with Crippen LogP contribution in [-0.4, -0.2) is 47.9 Å². The smallest absolute Gasteiger partial charge is 0.348 e. The van der Waals surface area contributed by atoms with Gasteiger partial charge in [-0.1, -0.05) is 38.5 Å². The van der Waals surface area contributed by atoms with Gasteiger partial charge in [0.05, 0.1) is 0 Å². The first-order valence-electron chi connectivity index (χ1n) is 8.45. The number of aliphatic carboxylic acids is 2. The lowest BCUT2D eigenvalue weighted by Gasteiger charge is -2.35. The maximum absolute atomic E-state index is 11.7. The molecule has 0 amide bonds. The van der Waals surface area contributed by atoms with Crippen molar-refractivity contribution in [1.29, 1.82) is 0 Å². The lowest BCUT2D eigenvalue weighted by atomic mass is 10.0. The summed E-state index contributed by atoms with van der Waals surface area (Å²) in [5, 5.41) is 28.7. The van der Waals surface area contributed by atoms with E-state index in [1.807, 2.05) is 0 Å². The molecule has 0 aromatic carbocycles. The van der Waals surface area contributed by atoms with Crippen molar-refractivity contribution in [2.75, 3.05) is 0 Å². The number of carboxylic acids is 2. The topological polar surface area (TPSA) is 94.8 Å². The molecule has 7 heteroatoms. The molecule has 2 rings (SSSR count). The minimum absolute atomic E-state index is 0.0265. The number of hydrogen-bond donors (Lipinski definition) is 3. The summed E-state index contributed by atoms with van der Waals surface area (Å²) in [5.41, 5.74) is 0. The largest absolute Gasteiger partial charge is 0.480 e. The van der Waals surface area contributed by atoms with Gasteiger partial charge in [0.15, 0.2) is 5.25 Å². The van der Waals surface area contributed by atoms with Crippen LogP contribution >= 0.6 is 23.5 Å². The van der Waals surface area contributed by atoms with Gasteiger partial charge in [-0.15, -0.1) is 23.5 Å². The molecule has 23 heavy (non-hydrogen) atoms. The Morgan fingerprint density at radius 1 is 0.870 bits per heavy atom. The number of aliphatic hydroxyl groups is 1. The Morgan fingerprint density at radius 2 is 1.35 bits per heavy atom. The fourth-order valence-corrected chi connectivity index (χ4v) is 6.50. The van der Waals surface area contributed by atoms with E-state index < -0.39 is 22.1 Å². The lowest BCUT2D eigenvalue weighted by Crippen LogP contribution is -2.51. The van der Waals surface area contributed by atoms with E-state index in [0.29, 0.717) is 0 Å². The SMILES string of the molecule is O=C(O)C(SC1CCCCC1)C(O)(SC1CCCCC1)C(=O)O. The quantitative estimate of drug-likeness (QED) is 0.598. The highest BCUT2D eigenvalue weighted by atomic mass is 32.2. The van der Waals surface area contributed by atoms with Gasteiger partial charge in [-0.3, -0.25) is 4.79 Å². The molecule has 2 atom stereocenters. The molecule has 0 aromatic rings. The highest BCUT2D eigenvalue weighted by Gasteiger charge is 2.52. The van der Waals surface area contributed by atoms with E-state index >= 15 is 0 Å². The molecule has 2 unspecified atom stereocenters. The second-order valence-electron chi connectivity index (χ2n) is 6.49. The average molecular weight is 363 g/mol. The minimum atomic E-state index is -2.25. The van der Waals surface area contributed by atoms with Gasteiger partial charge in [0.25, 0.3) is 0 Å². The fourth-order valence-electron chi connectivity index (χ4n) is 3.37. The summed E-state index contributed by atoms with van der Waals surface area (Å²) in [6, 6.07) is 0. The lowest BCUT2D eigenvalue weighted by molar-refractivity contribution is -0.155. The highest BCUT2D eigenvalue weighted by molar-refractivity contribution is 8.05. The van der Waals surface area contributed by atoms with Crippen LogP contribution in [0.15, 0.2) is 0 Å². The van der Waals surface area contributed by atoms with Gasteiger partial charge in [0.2, 0.25) is 4.93 Å². The summed E-state index contributed by atoms with van der Waals surface area (Å²) in [7, 11) is 0. The molecule has 2 saturated carbocycles. The predicted octanol–water partition coefficient (Wildman–Crippen LogP) is 3.34. The van der Waals surface area contributed by atoms with E-state index in [1.165, 1.54) is 0 Å². The standard InChI is InChI=1S/C16H26O5S2/c17-14(18)13(22-11-7-3-1-4-8-11)16(21,15(19)20)23-12-9-5-2-6-10-12/h11-13,21H,1-10H2,(H,17,18)(H,19,20). The first-order chi connectivity index (χ1) is 10.9. The van der Waals surface area contributed by atoms with Crippen molar-refractivity contribution < 1.29 is 24.9 Å². The zero-order valence-corrected chi connectivity index (χ0v) is 14.9. The van der Waals surface area contributed by atoms with Crippen LogP contribution < -0.4 is 0 Å². The summed E-state index contributed by atoms with van der Waals surface area (Å²) in [4.78, 5) is 21.2. The molecule has 0 radical (unpaired) electrons. The monoisotopic (exact) mass is 362 g/mol. The van der Waals surface area contributed by atoms with Crippen LogP contribution in [0.1, 0.15) is 64.2 Å². The molecular formula is C16H26O5S2. The van der Waals surface area contributed by atoms with E-state index in [-0.39, 0.29) is 10.5 Å². The zero-order chi connectivity index (χ0) is 16.9. The molecule has 5 nitrogen and oxygen atoms in total. The fraction of sp³-hybridized carbons (Fsp3) is 0.875. The Labute approximate surface area is 145 Å². The third-order valence-corrected chi connectivity index (χ3v) is 8.06. The van der Waals surface area contributed by atoms with E-state index in [0.717, 1.165) is 87.7 Å². The average Bonchev–Trinajstić information content (AvgIpc) is 2.54. The van der Waals surface area contributed by atoms with Crippen LogP contribution in [0.25, 0.3) is 0 Å². The van der Waals surface area contributed by atoms with Crippen LogP contribution in [0.2, 0.25) is 0 Å². The second kappa shape index (κ2) is 8.62. The molecular weight excluding hydrogens is 336 g/mol. The van der Waals surface area contributed by atoms with Gasteiger partial charge < -0.3 is 15.3 Å². The number of carbonyl (C=O) groups is 2. The summed E-state index contributed by atoms with van der Waals surface area (Å²) < 4.78 is 0. The van der Waals surface area contributed by atoms with Crippen LogP contribution in [0.3, 0.4) is 0 Å². The van der Waals surface area contributed by atoms with E-state index in [1.54, 1.807) is 0 Å². The molecule has 0 aromatic heterocycles. The van der Waals surface area contributed by atoms with Crippen molar-refractivity contribution in [3.05, 3.63) is 0 Å². The maximum Gasteiger partial charge on any atom is 0.348 e. The van der Waals surface area contributed by atoms with E-state index in [4.69, 9.17) is 0 Å². The molecule has 132 valence electrons. The van der Waals surface area contributed by atoms with Crippen molar-refractivity contribution in [2.45, 2.75) is 84.9 Å². The Hall–Kier alpha value is -0.400. The summed E-state index contributed by atoms with van der Waals surface area (Å²) in [6.07, 6.45) is 9.90. The van der Waals surface area contributed by atoms with Crippen molar-refractivity contribution in [3.63, 3.8) is 0 Å². The Balaban J connectivity index is 2.11. The summed E-state index contributed by atoms with van der Waals surface area (Å²) >= 11 is 2.10. The third-order valence-electron chi connectivity index (χ3n) is 4.67. The predicted molar refractivity (Wildman–Crippen MR) is 92.9 cm³/mol. The van der Waals surface area contributed by atoms with Crippen molar-refractivity contribution in [3.8, 4) is 0 Å². The molecule has 2 aliphatic carbocycles. The van der Waals surface area contributed by atoms with Gasteiger partial charge in [-0.2, -0.15) is 0 Å². The molecule has 2 fully saturated rings. The number of carboxylic acid groups (broad SMARTS) is 2. The van der Waals surface area contributed by atoms with Gasteiger partial charge >= 0.3 is 11.9 Å². The third kappa shape index (κ3) is 5.03. The van der Waals surface area contributed by atoms with Crippen molar-refractivity contribution in [2.24, 2.45) is 0 Å². The van der Waals surface area contributed by atoms with Crippen LogP contribution in [0.4, 0.5) is 0 Å². The maximum atomic E-state index is 11.7. The second-order valence-corrected chi connectivity index (χ2v) is 9.43. The van der Waals surface area contributed by atoms with E-state index in [9.17, 15) is 24.9 Å². The first-order valence-corrected chi connectivity index (χ1v) is 10.3. The van der Waals surface area contributed by atoms with Gasteiger partial charge in [0.1, 0.15) is 0 Å². The Bertz CT molecular complexity index is 419. The molecule has 2 aliphatic rings. The van der Waals surface area contributed by atoms with Crippen LogP contribution in [-0.2, 0) is 9.59 Å². The Morgan fingerprint density at radius 3 is 1.78 bits per heavy atom. The number of rotatable bonds is 7. The highest BCUT2D eigenvalue weighted by Crippen LogP contribution is 2.44. The molecule has 0 bridgehead atoms. The normalized spacial score (nSPS) is 24.7. The number of thioether (sulfide) groups is 2. The van der Waals surface area contributed by atoms with Gasteiger partial charge in [-0.25, -0.2) is 4.79 Å². The van der Waals surface area contributed by atoms with Crippen LogP contribution in [0.5, 0.6) is 0 Å². The summed E-state index contributed by atoms with van der Waals surface area (Å²) in [6.45, 7) is 0. The zero-order valence-electron chi connectivity index (χ0n) is 13.3. The number of hydrogen-bond acceptors (Lipinski definition) is 5. The molecule has 3 N–H and O–H groups in total. The van der Waals surface area contributed by atoms with Crippen molar-refractivity contribution in [1.82, 2.24) is 0 Å². The molecule has 0 heterocycles. The van der Waals surface area contributed by atoms with Crippen LogP contribution in [0, 0.1) is 0 Å². The first kappa shape index (κ1) is 18.9. The molecule has 0 saturated heterocycles. The van der Waals surface area contributed by atoms with Gasteiger partial charge in [-0.05, 0) is 25.7 Å². The molecule has 0 spiro atoms. The van der Waals surface area contributed by atoms with Crippen molar-refractivity contribution >= 4 is 35.5 Å². The van der Waals surface area contributed by atoms with Gasteiger partial charge in [0, 0.05) is 10.5 Å². The summed E-state index contributed by atoms with van der Waals surface area (Å²) in [5.74, 6) is -2.66.